The molecule has 0 amide bonds. The lowest BCUT2D eigenvalue weighted by atomic mass is 10.0. The highest BCUT2D eigenvalue weighted by Gasteiger charge is 2.12. The van der Waals surface area contributed by atoms with Gasteiger partial charge in [0.05, 0.1) is 8.81 Å². The van der Waals surface area contributed by atoms with Crippen LogP contribution in [0.5, 0.6) is 0 Å². The van der Waals surface area contributed by atoms with Gasteiger partial charge >= 0.3 is 0 Å². The van der Waals surface area contributed by atoms with Crippen molar-refractivity contribution in [2.24, 2.45) is 0 Å². The van der Waals surface area contributed by atoms with Crippen LogP contribution in [0.1, 0.15) is 17.2 Å². The van der Waals surface area contributed by atoms with E-state index >= 15 is 0 Å². The molecule has 0 aliphatic rings. The Morgan fingerprint density at radius 3 is 2.78 bits per heavy atom. The Bertz CT molecular complexity index is 544. The highest BCUT2D eigenvalue weighted by Crippen LogP contribution is 2.28. The maximum atomic E-state index is 13.1. The molecule has 96 valence electrons. The maximum Gasteiger partial charge on any atom is 0.141 e. The van der Waals surface area contributed by atoms with Crippen molar-refractivity contribution < 1.29 is 4.39 Å². The van der Waals surface area contributed by atoms with Gasteiger partial charge < -0.3 is 5.32 Å². The molecule has 1 N–H and O–H groups in total. The lowest BCUT2D eigenvalue weighted by Crippen LogP contribution is -2.18. The predicted octanol–water partition coefficient (Wildman–Crippen LogP) is 4.81. The van der Waals surface area contributed by atoms with Crippen molar-refractivity contribution in [1.29, 1.82) is 0 Å². The lowest BCUT2D eigenvalue weighted by molar-refractivity contribution is 0.590. The van der Waals surface area contributed by atoms with E-state index in [0.717, 1.165) is 15.8 Å². The largest absolute Gasteiger partial charge is 0.313 e. The molecule has 2 rings (SSSR count). The first-order valence-corrected chi connectivity index (χ1v) is 7.50. The molecule has 1 aromatic carbocycles. The van der Waals surface area contributed by atoms with Gasteiger partial charge in [-0.15, -0.1) is 11.3 Å². The molecular weight excluding hydrogens is 337 g/mol. The van der Waals surface area contributed by atoms with Crippen LogP contribution in [0.4, 0.5) is 4.39 Å². The fourth-order valence-electron chi connectivity index (χ4n) is 1.80. The molecular formula is C13H12BrClFNS. The maximum absolute atomic E-state index is 13.1. The molecule has 2 aromatic rings. The summed E-state index contributed by atoms with van der Waals surface area (Å²) in [6, 6.07) is 7.16. The van der Waals surface area contributed by atoms with Gasteiger partial charge in [-0.3, -0.25) is 0 Å². The van der Waals surface area contributed by atoms with Gasteiger partial charge in [-0.1, -0.05) is 17.7 Å². The minimum Gasteiger partial charge on any atom is -0.313 e. The zero-order valence-electron chi connectivity index (χ0n) is 9.71. The summed E-state index contributed by atoms with van der Waals surface area (Å²) in [5.74, 6) is -0.375. The zero-order valence-corrected chi connectivity index (χ0v) is 12.9. The molecule has 1 aromatic heterocycles. The van der Waals surface area contributed by atoms with E-state index in [1.54, 1.807) is 23.5 Å². The molecule has 1 nitrogen and oxygen atoms in total. The first-order valence-electron chi connectivity index (χ1n) is 5.45. The number of likely N-dealkylation sites (N-methyl/N-ethyl adjacent to an activating group) is 1. The van der Waals surface area contributed by atoms with Crippen LogP contribution < -0.4 is 5.32 Å². The van der Waals surface area contributed by atoms with Gasteiger partial charge in [0.15, 0.2) is 0 Å². The smallest absolute Gasteiger partial charge is 0.141 e. The van der Waals surface area contributed by atoms with Crippen LogP contribution in [0.15, 0.2) is 33.4 Å². The van der Waals surface area contributed by atoms with Gasteiger partial charge in [0, 0.05) is 6.04 Å². The Morgan fingerprint density at radius 1 is 1.44 bits per heavy atom. The molecule has 0 radical (unpaired) electrons. The van der Waals surface area contributed by atoms with E-state index in [1.165, 1.54) is 11.6 Å². The van der Waals surface area contributed by atoms with E-state index < -0.39 is 0 Å². The quantitative estimate of drug-likeness (QED) is 0.836. The Hall–Kier alpha value is -0.420. The summed E-state index contributed by atoms with van der Waals surface area (Å²) in [6.07, 6.45) is 0.777. The van der Waals surface area contributed by atoms with Crippen molar-refractivity contribution in [1.82, 2.24) is 5.32 Å². The standard InChI is InChI=1S/C13H12BrClFNS/c1-17-12(9-6-13(14)18-7-9)5-8-2-3-11(16)10(15)4-8/h2-4,6-7,12,17H,5H2,1H3. The number of halogens is 3. The minimum atomic E-state index is -0.375. The van der Waals surface area contributed by atoms with Crippen molar-refractivity contribution in [3.05, 3.63) is 55.4 Å². The fourth-order valence-corrected chi connectivity index (χ4v) is 3.23. The summed E-state index contributed by atoms with van der Waals surface area (Å²) in [6.45, 7) is 0. The van der Waals surface area contributed by atoms with Crippen molar-refractivity contribution in [3.63, 3.8) is 0 Å². The second-order valence-corrected chi connectivity index (χ2v) is 6.68. The Balaban J connectivity index is 2.17. The third-order valence-electron chi connectivity index (χ3n) is 2.76. The third kappa shape index (κ3) is 3.32. The molecule has 0 fully saturated rings. The van der Waals surface area contributed by atoms with Gasteiger partial charge in [0.2, 0.25) is 0 Å². The molecule has 5 heteroatoms. The Labute approximate surface area is 123 Å². The second-order valence-electron chi connectivity index (χ2n) is 3.98. The molecule has 1 unspecified atom stereocenters. The number of hydrogen-bond donors (Lipinski definition) is 1. The molecule has 0 aliphatic heterocycles. The fraction of sp³-hybridized carbons (Fsp3) is 0.231. The van der Waals surface area contributed by atoms with E-state index in [-0.39, 0.29) is 16.9 Å². The summed E-state index contributed by atoms with van der Waals surface area (Å²) in [5, 5.41) is 5.55. The number of thiophene rings is 1. The summed E-state index contributed by atoms with van der Waals surface area (Å²) in [4.78, 5) is 0. The van der Waals surface area contributed by atoms with Crippen LogP contribution in [0.2, 0.25) is 5.02 Å². The first kappa shape index (κ1) is 14.0. The monoisotopic (exact) mass is 347 g/mol. The molecule has 0 saturated carbocycles. The van der Waals surface area contributed by atoms with Crippen LogP contribution in [0.3, 0.4) is 0 Å². The molecule has 1 atom stereocenters. The molecule has 0 aliphatic carbocycles. The van der Waals surface area contributed by atoms with E-state index in [2.05, 4.69) is 32.7 Å². The van der Waals surface area contributed by atoms with Gasteiger partial charge in [0.25, 0.3) is 0 Å². The van der Waals surface area contributed by atoms with Crippen molar-refractivity contribution in [2.75, 3.05) is 7.05 Å². The molecule has 0 saturated heterocycles. The van der Waals surface area contributed by atoms with Crippen LogP contribution in [-0.4, -0.2) is 7.05 Å². The molecule has 0 spiro atoms. The Morgan fingerprint density at radius 2 is 2.22 bits per heavy atom. The van der Waals surface area contributed by atoms with Crippen molar-refractivity contribution in [2.45, 2.75) is 12.5 Å². The second kappa shape index (κ2) is 6.15. The van der Waals surface area contributed by atoms with Crippen molar-refractivity contribution >= 4 is 38.9 Å². The highest BCUT2D eigenvalue weighted by atomic mass is 79.9. The topological polar surface area (TPSA) is 12.0 Å². The summed E-state index contributed by atoms with van der Waals surface area (Å²) < 4.78 is 14.2. The lowest BCUT2D eigenvalue weighted by Gasteiger charge is -2.15. The predicted molar refractivity (Wildman–Crippen MR) is 78.9 cm³/mol. The normalized spacial score (nSPS) is 12.7. The molecule has 18 heavy (non-hydrogen) atoms. The number of benzene rings is 1. The van der Waals surface area contributed by atoms with Gasteiger partial charge in [-0.2, -0.15) is 0 Å². The van der Waals surface area contributed by atoms with Crippen molar-refractivity contribution in [3.8, 4) is 0 Å². The number of nitrogens with one attached hydrogen (secondary N) is 1. The summed E-state index contributed by atoms with van der Waals surface area (Å²) in [5.41, 5.74) is 2.23. The van der Waals surface area contributed by atoms with E-state index in [9.17, 15) is 4.39 Å². The summed E-state index contributed by atoms with van der Waals surface area (Å²) in [7, 11) is 1.92. The van der Waals surface area contributed by atoms with Crippen LogP contribution >= 0.6 is 38.9 Å². The van der Waals surface area contributed by atoms with E-state index in [0.29, 0.717) is 0 Å². The van der Waals surface area contributed by atoms with Crippen LogP contribution in [-0.2, 0) is 6.42 Å². The molecule has 0 bridgehead atoms. The third-order valence-corrected chi connectivity index (χ3v) is 4.57. The van der Waals surface area contributed by atoms with Crippen LogP contribution in [0, 0.1) is 5.82 Å². The zero-order chi connectivity index (χ0) is 13.1. The number of hydrogen-bond acceptors (Lipinski definition) is 2. The van der Waals surface area contributed by atoms with Gasteiger partial charge in [0.1, 0.15) is 5.82 Å². The summed E-state index contributed by atoms with van der Waals surface area (Å²) >= 11 is 10.9. The van der Waals surface area contributed by atoms with Gasteiger partial charge in [-0.05, 0) is 64.1 Å². The first-order chi connectivity index (χ1) is 8.60. The van der Waals surface area contributed by atoms with Crippen LogP contribution in [0.25, 0.3) is 0 Å². The molecule has 1 heterocycles. The Kier molecular flexibility index (Phi) is 4.78. The van der Waals surface area contributed by atoms with E-state index in [1.807, 2.05) is 7.05 Å². The minimum absolute atomic E-state index is 0.175. The average Bonchev–Trinajstić information content (AvgIpc) is 2.77. The SMILES string of the molecule is CNC(Cc1ccc(F)c(Cl)c1)c1csc(Br)c1. The van der Waals surface area contributed by atoms with E-state index in [4.69, 9.17) is 11.6 Å². The highest BCUT2D eigenvalue weighted by molar-refractivity contribution is 9.11. The number of rotatable bonds is 4. The van der Waals surface area contributed by atoms with Gasteiger partial charge in [-0.25, -0.2) is 4.39 Å². The average molecular weight is 349 g/mol.